The van der Waals surface area contributed by atoms with Gasteiger partial charge < -0.3 is 4.90 Å². The van der Waals surface area contributed by atoms with E-state index in [0.717, 1.165) is 92.8 Å². The van der Waals surface area contributed by atoms with Crippen LogP contribution in [0.25, 0.3) is 5.00 Å². The van der Waals surface area contributed by atoms with Gasteiger partial charge in [0.05, 0.1) is 22.3 Å². The van der Waals surface area contributed by atoms with Gasteiger partial charge in [-0.3, -0.25) is 33.9 Å². The number of aliphatic imine (C=N–C) groups is 1. The van der Waals surface area contributed by atoms with Crippen molar-refractivity contribution in [2.24, 2.45) is 4.99 Å². The molecule has 262 valence electrons. The molecule has 6 heterocycles. The van der Waals surface area contributed by atoms with E-state index in [1.807, 2.05) is 60.4 Å². The van der Waals surface area contributed by atoms with Crippen molar-refractivity contribution < 1.29 is 14.4 Å². The van der Waals surface area contributed by atoms with E-state index in [1.165, 1.54) is 0 Å². The number of benzene rings is 2. The van der Waals surface area contributed by atoms with Crippen LogP contribution in [0.3, 0.4) is 0 Å². The fourth-order valence-electron chi connectivity index (χ4n) is 7.23. The van der Waals surface area contributed by atoms with E-state index in [1.54, 1.807) is 16.2 Å². The normalized spacial score (nSPS) is 16.4. The SMILES string of the molecule is Cc1c(C#Cc2cnn(CCCCCc3cccc4c3CN(C3CCC(=O)NC3=O)C4=O)c2)sc2c1C(c1ccc(Cl)cc1)=NCc1nnc(C)n1-2. The van der Waals surface area contributed by atoms with Crippen LogP contribution in [0.2, 0.25) is 5.02 Å². The van der Waals surface area contributed by atoms with Crippen LogP contribution in [-0.2, 0) is 35.6 Å². The molecule has 11 nitrogen and oxygen atoms in total. The predicted molar refractivity (Wildman–Crippen MR) is 198 cm³/mol. The molecule has 8 rings (SSSR count). The Morgan fingerprint density at radius 3 is 2.69 bits per heavy atom. The van der Waals surface area contributed by atoms with Crippen molar-refractivity contribution in [3.63, 3.8) is 0 Å². The highest BCUT2D eigenvalue weighted by atomic mass is 35.5. The summed E-state index contributed by atoms with van der Waals surface area (Å²) in [6.45, 7) is 5.66. The van der Waals surface area contributed by atoms with Gasteiger partial charge in [0.2, 0.25) is 11.8 Å². The fourth-order valence-corrected chi connectivity index (χ4v) is 8.59. The maximum Gasteiger partial charge on any atom is 0.255 e. The van der Waals surface area contributed by atoms with Gasteiger partial charge in [0, 0.05) is 47.4 Å². The van der Waals surface area contributed by atoms with Crippen LogP contribution in [0.4, 0.5) is 0 Å². The first-order valence-corrected chi connectivity index (χ1v) is 18.6. The Kier molecular flexibility index (Phi) is 9.07. The van der Waals surface area contributed by atoms with Gasteiger partial charge in [-0.05, 0) is 74.4 Å². The van der Waals surface area contributed by atoms with E-state index in [9.17, 15) is 14.4 Å². The summed E-state index contributed by atoms with van der Waals surface area (Å²) in [4.78, 5) is 44.8. The molecule has 0 saturated carbocycles. The molecule has 13 heteroatoms. The lowest BCUT2D eigenvalue weighted by atomic mass is 9.98. The van der Waals surface area contributed by atoms with Crippen LogP contribution in [0.1, 0.15) is 92.4 Å². The number of aromatic nitrogens is 5. The number of unbranched alkanes of at least 4 members (excludes halogenated alkanes) is 2. The number of fused-ring (bicyclic) bond motifs is 4. The number of rotatable bonds is 8. The number of nitrogens with zero attached hydrogens (tertiary/aromatic N) is 7. The third kappa shape index (κ3) is 6.35. The van der Waals surface area contributed by atoms with E-state index in [-0.39, 0.29) is 24.1 Å². The third-order valence-corrected chi connectivity index (χ3v) is 11.4. The molecular weight excluding hydrogens is 696 g/mol. The smallest absolute Gasteiger partial charge is 0.255 e. The van der Waals surface area contributed by atoms with E-state index in [4.69, 9.17) is 16.6 Å². The zero-order valence-corrected chi connectivity index (χ0v) is 30.4. The van der Waals surface area contributed by atoms with Crippen molar-refractivity contribution in [2.45, 2.75) is 78.0 Å². The largest absolute Gasteiger partial charge is 0.322 e. The molecule has 1 N–H and O–H groups in total. The lowest BCUT2D eigenvalue weighted by molar-refractivity contribution is -0.136. The fraction of sp³-hybridized carbons (Fsp3) is 0.308. The number of halogens is 1. The highest BCUT2D eigenvalue weighted by Crippen LogP contribution is 2.37. The van der Waals surface area contributed by atoms with Crippen molar-refractivity contribution >= 4 is 46.4 Å². The van der Waals surface area contributed by atoms with Gasteiger partial charge in [0.25, 0.3) is 5.91 Å². The van der Waals surface area contributed by atoms with Gasteiger partial charge in [-0.2, -0.15) is 5.10 Å². The zero-order valence-electron chi connectivity index (χ0n) is 28.8. The standard InChI is InChI=1S/C39H35ClN8O3S/c1-23-32(52-39-35(23)36(27-11-13-28(40)14-12-27)41-20-33-45-44-24(2)48(33)39)16-10-25-19-42-46(21-25)18-5-3-4-7-26-8-6-9-29-30(26)22-47(38(29)51)31-15-17-34(49)43-37(31)50/h6,8-9,11-14,19,21,31H,3-5,7,15,17-18,20,22H2,1-2H3,(H,43,49,50). The lowest BCUT2D eigenvalue weighted by Gasteiger charge is -2.29. The Hall–Kier alpha value is -5.38. The topological polar surface area (TPSA) is 127 Å². The summed E-state index contributed by atoms with van der Waals surface area (Å²) >= 11 is 7.82. The van der Waals surface area contributed by atoms with Crippen LogP contribution >= 0.6 is 22.9 Å². The molecule has 5 aromatic rings. The number of carbonyl (C=O) groups excluding carboxylic acids is 3. The molecular formula is C39H35ClN8O3S. The number of hydrogen-bond donors (Lipinski definition) is 1. The summed E-state index contributed by atoms with van der Waals surface area (Å²) in [5.74, 6) is 7.54. The minimum absolute atomic E-state index is 0.135. The minimum atomic E-state index is -0.604. The highest BCUT2D eigenvalue weighted by Gasteiger charge is 2.39. The number of imide groups is 1. The monoisotopic (exact) mass is 730 g/mol. The number of amides is 3. The van der Waals surface area contributed by atoms with E-state index in [2.05, 4.69) is 50.0 Å². The Morgan fingerprint density at radius 1 is 1.02 bits per heavy atom. The molecule has 0 bridgehead atoms. The second-order valence-electron chi connectivity index (χ2n) is 13.3. The highest BCUT2D eigenvalue weighted by molar-refractivity contribution is 7.15. The summed E-state index contributed by atoms with van der Waals surface area (Å²) < 4.78 is 4.03. The Labute approximate surface area is 309 Å². The lowest BCUT2D eigenvalue weighted by Crippen LogP contribution is -2.52. The van der Waals surface area contributed by atoms with E-state index in [0.29, 0.717) is 30.1 Å². The molecule has 3 amide bonds. The molecule has 0 aliphatic carbocycles. The van der Waals surface area contributed by atoms with E-state index >= 15 is 0 Å². The van der Waals surface area contributed by atoms with E-state index < -0.39 is 6.04 Å². The summed E-state index contributed by atoms with van der Waals surface area (Å²) in [7, 11) is 0. The molecule has 0 spiro atoms. The second-order valence-corrected chi connectivity index (χ2v) is 14.7. The number of aryl methyl sites for hydroxylation is 3. The molecule has 52 heavy (non-hydrogen) atoms. The minimum Gasteiger partial charge on any atom is -0.322 e. The van der Waals surface area contributed by atoms with Crippen LogP contribution in [0.15, 0.2) is 59.9 Å². The van der Waals surface area contributed by atoms with Crippen LogP contribution in [-0.4, -0.2) is 58.9 Å². The van der Waals surface area contributed by atoms with Crippen molar-refractivity contribution in [1.82, 2.24) is 34.8 Å². The van der Waals surface area contributed by atoms with Crippen molar-refractivity contribution in [2.75, 3.05) is 0 Å². The first kappa shape index (κ1) is 33.7. The first-order chi connectivity index (χ1) is 25.2. The van der Waals surface area contributed by atoms with Crippen molar-refractivity contribution in [3.05, 3.63) is 115 Å². The number of carbonyl (C=O) groups is 3. The average molecular weight is 731 g/mol. The molecule has 3 aromatic heterocycles. The quantitative estimate of drug-likeness (QED) is 0.124. The van der Waals surface area contributed by atoms with Crippen molar-refractivity contribution in [3.8, 4) is 16.8 Å². The summed E-state index contributed by atoms with van der Waals surface area (Å²) in [6, 6.07) is 13.0. The van der Waals surface area contributed by atoms with Gasteiger partial charge in [-0.15, -0.1) is 21.5 Å². The molecule has 3 aliphatic rings. The van der Waals surface area contributed by atoms with Gasteiger partial charge in [-0.1, -0.05) is 54.1 Å². The van der Waals surface area contributed by atoms with Crippen LogP contribution < -0.4 is 5.32 Å². The molecule has 1 saturated heterocycles. The number of nitrogens with one attached hydrogen (secondary N) is 1. The molecule has 1 unspecified atom stereocenters. The molecule has 1 atom stereocenters. The van der Waals surface area contributed by atoms with Crippen molar-refractivity contribution in [1.29, 1.82) is 0 Å². The van der Waals surface area contributed by atoms with Crippen LogP contribution in [0, 0.1) is 25.7 Å². The number of piperidine rings is 1. The Morgan fingerprint density at radius 2 is 1.87 bits per heavy atom. The molecule has 2 aromatic carbocycles. The maximum absolute atomic E-state index is 13.2. The summed E-state index contributed by atoms with van der Waals surface area (Å²) in [5, 5.41) is 17.3. The van der Waals surface area contributed by atoms with Gasteiger partial charge >= 0.3 is 0 Å². The number of thiophene rings is 1. The van der Waals surface area contributed by atoms with Gasteiger partial charge in [-0.25, -0.2) is 0 Å². The average Bonchev–Trinajstić information content (AvgIpc) is 3.88. The second kappa shape index (κ2) is 14.0. The van der Waals surface area contributed by atoms with Gasteiger partial charge in [0.1, 0.15) is 23.4 Å². The Bertz CT molecular complexity index is 2340. The third-order valence-electron chi connectivity index (χ3n) is 9.92. The zero-order chi connectivity index (χ0) is 35.9. The Balaban J connectivity index is 0.906. The number of hydrogen-bond acceptors (Lipinski definition) is 8. The summed E-state index contributed by atoms with van der Waals surface area (Å²) in [5.41, 5.74) is 7.62. The summed E-state index contributed by atoms with van der Waals surface area (Å²) in [6.07, 6.45) is 8.17. The predicted octanol–water partition coefficient (Wildman–Crippen LogP) is 5.72. The molecule has 0 radical (unpaired) electrons. The first-order valence-electron chi connectivity index (χ1n) is 17.4. The molecule has 1 fully saturated rings. The molecule has 3 aliphatic heterocycles. The van der Waals surface area contributed by atoms with Crippen LogP contribution in [0.5, 0.6) is 0 Å². The van der Waals surface area contributed by atoms with Gasteiger partial charge in [0.15, 0.2) is 5.82 Å². The maximum atomic E-state index is 13.2.